The van der Waals surface area contributed by atoms with E-state index in [1.807, 2.05) is 0 Å². The number of phenols is 1. The van der Waals surface area contributed by atoms with Crippen LogP contribution in [0.3, 0.4) is 0 Å². The molecule has 0 aliphatic carbocycles. The predicted molar refractivity (Wildman–Crippen MR) is 100 cm³/mol. The number of aromatic nitrogens is 3. The topological polar surface area (TPSA) is 142 Å². The molecular weight excluding hydrogens is 364 g/mol. The zero-order chi connectivity index (χ0) is 19.8. The predicted octanol–water partition coefficient (Wildman–Crippen LogP) is 3.60. The van der Waals surface area contributed by atoms with Crippen molar-refractivity contribution in [2.24, 2.45) is 0 Å². The number of carboxylic acids is 1. The van der Waals surface area contributed by atoms with Crippen LogP contribution in [0.25, 0.3) is 33.5 Å². The van der Waals surface area contributed by atoms with Gasteiger partial charge >= 0.3 is 5.97 Å². The Morgan fingerprint density at radius 3 is 2.50 bits per heavy atom. The van der Waals surface area contributed by atoms with Crippen LogP contribution in [-0.4, -0.2) is 36.3 Å². The number of non-ortho nitro benzene ring substituents is 1. The number of nitro benzene ring substituents is 1. The van der Waals surface area contributed by atoms with E-state index in [0.717, 1.165) is 0 Å². The summed E-state index contributed by atoms with van der Waals surface area (Å²) in [6.07, 6.45) is 0. The number of carboxylic acid groups (broad SMARTS) is 1. The van der Waals surface area contributed by atoms with E-state index in [2.05, 4.69) is 15.2 Å². The van der Waals surface area contributed by atoms with E-state index in [1.54, 1.807) is 18.2 Å². The molecule has 9 nitrogen and oxygen atoms in total. The monoisotopic (exact) mass is 376 g/mol. The molecule has 4 aromatic rings. The van der Waals surface area contributed by atoms with Gasteiger partial charge < -0.3 is 10.2 Å². The van der Waals surface area contributed by atoms with Crippen LogP contribution in [0.4, 0.5) is 5.69 Å². The average Bonchev–Trinajstić information content (AvgIpc) is 3.11. The van der Waals surface area contributed by atoms with Crippen LogP contribution in [0.15, 0.2) is 54.6 Å². The van der Waals surface area contributed by atoms with Gasteiger partial charge in [-0.3, -0.25) is 15.2 Å². The Hall–Kier alpha value is -4.27. The maximum absolute atomic E-state index is 11.9. The molecule has 0 unspecified atom stereocenters. The highest BCUT2D eigenvalue weighted by Gasteiger charge is 2.20. The summed E-state index contributed by atoms with van der Waals surface area (Å²) in [5.41, 5.74) is 1.77. The number of aromatic hydroxyl groups is 1. The molecule has 0 saturated carbocycles. The number of hydrogen-bond acceptors (Lipinski definition) is 6. The first kappa shape index (κ1) is 17.2. The van der Waals surface area contributed by atoms with E-state index in [1.165, 1.54) is 36.4 Å². The number of fused-ring (bicyclic) bond motifs is 1. The highest BCUT2D eigenvalue weighted by Crippen LogP contribution is 2.33. The fraction of sp³-hybridized carbons (Fsp3) is 0. The maximum atomic E-state index is 11.9. The van der Waals surface area contributed by atoms with E-state index in [9.17, 15) is 25.1 Å². The van der Waals surface area contributed by atoms with Gasteiger partial charge in [0.05, 0.1) is 27.3 Å². The van der Waals surface area contributed by atoms with Gasteiger partial charge in [-0.25, -0.2) is 9.78 Å². The fourth-order valence-electron chi connectivity index (χ4n) is 2.96. The first-order chi connectivity index (χ1) is 13.4. The first-order valence-electron chi connectivity index (χ1n) is 8.10. The summed E-state index contributed by atoms with van der Waals surface area (Å²) in [7, 11) is 0. The zero-order valence-electron chi connectivity index (χ0n) is 14.2. The molecule has 28 heavy (non-hydrogen) atoms. The molecule has 0 fully saturated rings. The van der Waals surface area contributed by atoms with Crippen molar-refractivity contribution >= 4 is 22.7 Å². The molecule has 2 heterocycles. The summed E-state index contributed by atoms with van der Waals surface area (Å²) < 4.78 is 0. The van der Waals surface area contributed by atoms with Crippen molar-refractivity contribution in [2.75, 3.05) is 0 Å². The van der Waals surface area contributed by atoms with Gasteiger partial charge in [0.25, 0.3) is 5.69 Å². The number of nitro groups is 1. The third-order valence-corrected chi connectivity index (χ3v) is 4.26. The minimum absolute atomic E-state index is 0.0386. The summed E-state index contributed by atoms with van der Waals surface area (Å²) in [6, 6.07) is 13.4. The van der Waals surface area contributed by atoms with Gasteiger partial charge in [0.2, 0.25) is 0 Å². The Balaban J connectivity index is 1.94. The van der Waals surface area contributed by atoms with Crippen LogP contribution < -0.4 is 0 Å². The largest absolute Gasteiger partial charge is 0.508 e. The molecule has 0 atom stereocenters. The molecular formula is C19H12N4O5. The van der Waals surface area contributed by atoms with Gasteiger partial charge in [-0.2, -0.15) is 5.10 Å². The van der Waals surface area contributed by atoms with Crippen molar-refractivity contribution in [3.63, 3.8) is 0 Å². The Morgan fingerprint density at radius 2 is 1.82 bits per heavy atom. The number of nitrogens with one attached hydrogen (secondary N) is 1. The molecule has 9 heteroatoms. The van der Waals surface area contributed by atoms with Gasteiger partial charge in [0.15, 0.2) is 5.65 Å². The van der Waals surface area contributed by atoms with Crippen molar-refractivity contribution in [3.8, 4) is 28.3 Å². The van der Waals surface area contributed by atoms with Crippen LogP contribution in [0.5, 0.6) is 5.75 Å². The summed E-state index contributed by atoms with van der Waals surface area (Å²) in [6.45, 7) is 0. The Labute approximate surface area is 157 Å². The zero-order valence-corrected chi connectivity index (χ0v) is 14.2. The van der Waals surface area contributed by atoms with Crippen molar-refractivity contribution in [1.82, 2.24) is 15.2 Å². The normalized spacial score (nSPS) is 10.9. The molecule has 4 rings (SSSR count). The lowest BCUT2D eigenvalue weighted by Gasteiger charge is -2.06. The molecule has 0 aliphatic heterocycles. The van der Waals surface area contributed by atoms with Crippen LogP contribution in [0.1, 0.15) is 10.4 Å². The third-order valence-electron chi connectivity index (χ3n) is 4.26. The summed E-state index contributed by atoms with van der Waals surface area (Å²) in [5, 5.41) is 37.3. The lowest BCUT2D eigenvalue weighted by molar-refractivity contribution is -0.384. The molecule has 0 radical (unpaired) electrons. The molecule has 3 N–H and O–H groups in total. The van der Waals surface area contributed by atoms with Crippen molar-refractivity contribution in [1.29, 1.82) is 0 Å². The van der Waals surface area contributed by atoms with Crippen molar-refractivity contribution in [2.45, 2.75) is 0 Å². The Kier molecular flexibility index (Phi) is 3.96. The number of carbonyl (C=O) groups is 1. The molecule has 0 spiro atoms. The van der Waals surface area contributed by atoms with Crippen LogP contribution in [-0.2, 0) is 0 Å². The first-order valence-corrected chi connectivity index (χ1v) is 8.10. The van der Waals surface area contributed by atoms with Gasteiger partial charge in [-0.1, -0.05) is 12.1 Å². The van der Waals surface area contributed by atoms with Crippen LogP contribution in [0, 0.1) is 10.1 Å². The molecule has 138 valence electrons. The van der Waals surface area contributed by atoms with Gasteiger partial charge in [0.1, 0.15) is 5.75 Å². The standard InChI is InChI=1S/C19H12N4O5/c24-13-6-4-10(5-7-13)15-9-14(19(25)26)16-17(21-22-18(16)20-15)11-2-1-3-12(8-11)23(27)28/h1-9,24H,(H,25,26)(H,20,21,22). The summed E-state index contributed by atoms with van der Waals surface area (Å²) in [4.78, 5) is 26.8. The van der Waals surface area contributed by atoms with Crippen molar-refractivity contribution < 1.29 is 19.9 Å². The summed E-state index contributed by atoms with van der Waals surface area (Å²) >= 11 is 0. The van der Waals surface area contributed by atoms with E-state index < -0.39 is 10.9 Å². The molecule has 0 bridgehead atoms. The minimum atomic E-state index is -1.18. The molecule has 2 aromatic carbocycles. The number of phenolic OH excluding ortho intramolecular Hbond substituents is 1. The van der Waals surface area contributed by atoms with E-state index >= 15 is 0 Å². The Bertz CT molecular complexity index is 1230. The average molecular weight is 376 g/mol. The summed E-state index contributed by atoms with van der Waals surface area (Å²) in [5.74, 6) is -1.10. The second-order valence-electron chi connectivity index (χ2n) is 6.01. The fourth-order valence-corrected chi connectivity index (χ4v) is 2.96. The van der Waals surface area contributed by atoms with Crippen LogP contribution in [0.2, 0.25) is 0 Å². The maximum Gasteiger partial charge on any atom is 0.336 e. The number of benzene rings is 2. The second kappa shape index (κ2) is 6.47. The number of aromatic amines is 1. The van der Waals surface area contributed by atoms with Crippen LogP contribution >= 0.6 is 0 Å². The molecule has 2 aromatic heterocycles. The number of rotatable bonds is 4. The van der Waals surface area contributed by atoms with Crippen molar-refractivity contribution in [3.05, 3.63) is 70.3 Å². The second-order valence-corrected chi connectivity index (χ2v) is 6.01. The van der Waals surface area contributed by atoms with Gasteiger partial charge in [0, 0.05) is 23.3 Å². The minimum Gasteiger partial charge on any atom is -0.508 e. The molecule has 0 amide bonds. The number of H-pyrrole nitrogens is 1. The number of aromatic carboxylic acids is 1. The lowest BCUT2D eigenvalue weighted by atomic mass is 10.0. The van der Waals surface area contributed by atoms with Gasteiger partial charge in [-0.05, 0) is 30.3 Å². The van der Waals surface area contributed by atoms with E-state index in [-0.39, 0.29) is 28.0 Å². The van der Waals surface area contributed by atoms with E-state index in [0.29, 0.717) is 22.5 Å². The number of pyridine rings is 1. The van der Waals surface area contributed by atoms with E-state index in [4.69, 9.17) is 0 Å². The SMILES string of the molecule is O=C(O)c1cc(-c2ccc(O)cc2)nc2n[nH]c(-c3cccc([N+](=O)[O-])c3)c12. The highest BCUT2D eigenvalue weighted by molar-refractivity contribution is 6.08. The Morgan fingerprint density at radius 1 is 1.07 bits per heavy atom. The molecule has 0 saturated heterocycles. The third kappa shape index (κ3) is 2.90. The smallest absolute Gasteiger partial charge is 0.336 e. The quantitative estimate of drug-likeness (QED) is 0.365. The lowest BCUT2D eigenvalue weighted by Crippen LogP contribution is -2.00. The highest BCUT2D eigenvalue weighted by atomic mass is 16.6. The number of nitrogens with zero attached hydrogens (tertiary/aromatic N) is 3. The molecule has 0 aliphatic rings. The van der Waals surface area contributed by atoms with Gasteiger partial charge in [-0.15, -0.1) is 0 Å². The number of hydrogen-bond donors (Lipinski definition) is 3.